The molecule has 1 aromatic carbocycles. The van der Waals surface area contributed by atoms with Crippen LogP contribution < -0.4 is 0 Å². The van der Waals surface area contributed by atoms with E-state index in [0.717, 1.165) is 25.7 Å². The van der Waals surface area contributed by atoms with Gasteiger partial charge in [0, 0.05) is 24.6 Å². The van der Waals surface area contributed by atoms with E-state index in [0.29, 0.717) is 18.5 Å². The summed E-state index contributed by atoms with van der Waals surface area (Å²) in [5.74, 6) is 0.0889. The molecule has 0 N–H and O–H groups in total. The Morgan fingerprint density at radius 3 is 2.48 bits per heavy atom. The van der Waals surface area contributed by atoms with Gasteiger partial charge in [0.15, 0.2) is 5.78 Å². The topological polar surface area (TPSA) is 46.6 Å². The fourth-order valence-electron chi connectivity index (χ4n) is 2.91. The molecule has 0 unspecified atom stereocenters. The predicted octanol–water partition coefficient (Wildman–Crippen LogP) is 4.44. The van der Waals surface area contributed by atoms with Crippen molar-refractivity contribution in [1.29, 1.82) is 0 Å². The minimum absolute atomic E-state index is 0.0694. The summed E-state index contributed by atoms with van der Waals surface area (Å²) in [4.78, 5) is 26.8. The first-order valence-electron chi connectivity index (χ1n) is 8.45. The molecule has 4 nitrogen and oxygen atoms in total. The van der Waals surface area contributed by atoms with Gasteiger partial charge >= 0.3 is 6.09 Å². The molecule has 0 aliphatic carbocycles. The molecule has 0 spiro atoms. The third kappa shape index (κ3) is 5.38. The van der Waals surface area contributed by atoms with Gasteiger partial charge in [-0.15, -0.1) is 0 Å². The highest BCUT2D eigenvalue weighted by Gasteiger charge is 2.30. The largest absolute Gasteiger partial charge is 0.444 e. The second-order valence-corrected chi connectivity index (χ2v) is 7.17. The van der Waals surface area contributed by atoms with Crippen molar-refractivity contribution >= 4 is 11.9 Å². The standard InChI is InChI=1S/C19H27NO3/c1-19(2,3)23-18(22)20-13-9-5-8-12-16(20)14-17(21)15-10-6-4-7-11-15/h4,6-7,10-11,16H,5,8-9,12-14H2,1-3H3/t16-/m0/s1. The summed E-state index contributed by atoms with van der Waals surface area (Å²) in [5.41, 5.74) is 0.193. The number of ketones is 1. The lowest BCUT2D eigenvalue weighted by atomic mass is 10.00. The molecular formula is C19H27NO3. The minimum atomic E-state index is -0.516. The number of nitrogens with zero attached hydrogens (tertiary/aromatic N) is 1. The maximum absolute atomic E-state index is 12.5. The first kappa shape index (κ1) is 17.5. The van der Waals surface area contributed by atoms with Crippen molar-refractivity contribution in [2.75, 3.05) is 6.54 Å². The lowest BCUT2D eigenvalue weighted by molar-refractivity contribution is 0.0162. The van der Waals surface area contributed by atoms with E-state index in [1.165, 1.54) is 0 Å². The van der Waals surface area contributed by atoms with E-state index >= 15 is 0 Å². The first-order chi connectivity index (χ1) is 10.9. The summed E-state index contributed by atoms with van der Waals surface area (Å²) in [6.45, 7) is 6.27. The number of rotatable bonds is 3. The van der Waals surface area contributed by atoms with Gasteiger partial charge in [0.2, 0.25) is 0 Å². The van der Waals surface area contributed by atoms with Crippen molar-refractivity contribution in [3.05, 3.63) is 35.9 Å². The van der Waals surface area contributed by atoms with Crippen molar-refractivity contribution in [3.63, 3.8) is 0 Å². The fraction of sp³-hybridized carbons (Fsp3) is 0.579. The zero-order valence-corrected chi connectivity index (χ0v) is 14.4. The van der Waals surface area contributed by atoms with Crippen molar-refractivity contribution in [2.45, 2.75) is 64.5 Å². The third-order valence-electron chi connectivity index (χ3n) is 4.02. The first-order valence-corrected chi connectivity index (χ1v) is 8.45. The summed E-state index contributed by atoms with van der Waals surface area (Å²) in [6, 6.07) is 9.22. The van der Waals surface area contributed by atoms with Crippen LogP contribution in [0.15, 0.2) is 30.3 Å². The van der Waals surface area contributed by atoms with Crippen LogP contribution in [0.3, 0.4) is 0 Å². The van der Waals surface area contributed by atoms with Gasteiger partial charge in [-0.2, -0.15) is 0 Å². The van der Waals surface area contributed by atoms with E-state index in [4.69, 9.17) is 4.74 Å². The van der Waals surface area contributed by atoms with Crippen LogP contribution in [0.1, 0.15) is 63.2 Å². The predicted molar refractivity (Wildman–Crippen MR) is 90.6 cm³/mol. The smallest absolute Gasteiger partial charge is 0.410 e. The molecule has 1 amide bonds. The highest BCUT2D eigenvalue weighted by molar-refractivity contribution is 5.96. The van der Waals surface area contributed by atoms with E-state index in [9.17, 15) is 9.59 Å². The Labute approximate surface area is 138 Å². The number of Topliss-reactive ketones (excluding diaryl/α,β-unsaturated/α-hetero) is 1. The maximum Gasteiger partial charge on any atom is 0.410 e. The molecule has 1 saturated heterocycles. The van der Waals surface area contributed by atoms with Gasteiger partial charge in [0.05, 0.1) is 0 Å². The molecule has 0 saturated carbocycles. The molecule has 2 rings (SSSR count). The molecule has 1 fully saturated rings. The molecule has 0 bridgehead atoms. The Hall–Kier alpha value is -1.84. The Morgan fingerprint density at radius 2 is 1.83 bits per heavy atom. The SMILES string of the molecule is CC(C)(C)OC(=O)N1CCCCC[C@H]1CC(=O)c1ccccc1. The van der Waals surface area contributed by atoms with Crippen LogP contribution in [-0.2, 0) is 4.74 Å². The zero-order chi connectivity index (χ0) is 16.9. The minimum Gasteiger partial charge on any atom is -0.444 e. The number of likely N-dealkylation sites (tertiary alicyclic amines) is 1. The summed E-state index contributed by atoms with van der Waals surface area (Å²) in [7, 11) is 0. The molecule has 1 heterocycles. The van der Waals surface area contributed by atoms with Crippen molar-refractivity contribution < 1.29 is 14.3 Å². The highest BCUT2D eigenvalue weighted by atomic mass is 16.6. The zero-order valence-electron chi connectivity index (χ0n) is 14.4. The van der Waals surface area contributed by atoms with Gasteiger partial charge in [0.1, 0.15) is 5.60 Å². The van der Waals surface area contributed by atoms with Gasteiger partial charge in [-0.1, -0.05) is 43.2 Å². The van der Waals surface area contributed by atoms with Crippen LogP contribution in [0.2, 0.25) is 0 Å². The molecule has 4 heteroatoms. The van der Waals surface area contributed by atoms with E-state index in [1.807, 2.05) is 51.1 Å². The van der Waals surface area contributed by atoms with Crippen LogP contribution >= 0.6 is 0 Å². The molecule has 0 radical (unpaired) electrons. The average Bonchev–Trinajstić information content (AvgIpc) is 2.72. The van der Waals surface area contributed by atoms with Crippen molar-refractivity contribution in [3.8, 4) is 0 Å². The van der Waals surface area contributed by atoms with Crippen LogP contribution in [0.25, 0.3) is 0 Å². The van der Waals surface area contributed by atoms with E-state index in [2.05, 4.69) is 0 Å². The van der Waals surface area contributed by atoms with Gasteiger partial charge in [0.25, 0.3) is 0 Å². The van der Waals surface area contributed by atoms with Crippen LogP contribution in [0.4, 0.5) is 4.79 Å². The molecule has 23 heavy (non-hydrogen) atoms. The van der Waals surface area contributed by atoms with Crippen LogP contribution in [-0.4, -0.2) is 35.0 Å². The molecule has 1 aliphatic heterocycles. The third-order valence-corrected chi connectivity index (χ3v) is 4.02. The number of hydrogen-bond acceptors (Lipinski definition) is 3. The number of carbonyl (C=O) groups is 2. The second kappa shape index (κ2) is 7.62. The highest BCUT2D eigenvalue weighted by Crippen LogP contribution is 2.23. The molecule has 1 aliphatic rings. The van der Waals surface area contributed by atoms with Crippen LogP contribution in [0.5, 0.6) is 0 Å². The molecule has 1 atom stereocenters. The Balaban J connectivity index is 2.09. The number of ether oxygens (including phenoxy) is 1. The maximum atomic E-state index is 12.5. The summed E-state index contributed by atoms with van der Waals surface area (Å²) in [5, 5.41) is 0. The van der Waals surface area contributed by atoms with Gasteiger partial charge in [-0.25, -0.2) is 4.79 Å². The molecule has 0 aromatic heterocycles. The fourth-order valence-corrected chi connectivity index (χ4v) is 2.91. The average molecular weight is 317 g/mol. The van der Waals surface area contributed by atoms with E-state index < -0.39 is 5.60 Å². The van der Waals surface area contributed by atoms with Gasteiger partial charge in [-0.3, -0.25) is 4.79 Å². The number of hydrogen-bond donors (Lipinski definition) is 0. The van der Waals surface area contributed by atoms with Gasteiger partial charge in [-0.05, 0) is 33.6 Å². The van der Waals surface area contributed by atoms with E-state index in [-0.39, 0.29) is 17.9 Å². The lowest BCUT2D eigenvalue weighted by Crippen LogP contribution is -2.44. The summed E-state index contributed by atoms with van der Waals surface area (Å²) >= 11 is 0. The van der Waals surface area contributed by atoms with Crippen molar-refractivity contribution in [1.82, 2.24) is 4.90 Å². The number of benzene rings is 1. The quantitative estimate of drug-likeness (QED) is 0.774. The Bertz CT molecular complexity index is 533. The Kier molecular flexibility index (Phi) is 5.80. The number of amides is 1. The van der Waals surface area contributed by atoms with E-state index in [1.54, 1.807) is 4.90 Å². The molecule has 126 valence electrons. The normalized spacial score (nSPS) is 19.1. The molecule has 1 aromatic rings. The lowest BCUT2D eigenvalue weighted by Gasteiger charge is -2.32. The summed E-state index contributed by atoms with van der Waals surface area (Å²) < 4.78 is 5.53. The Morgan fingerprint density at radius 1 is 1.13 bits per heavy atom. The van der Waals surface area contributed by atoms with Crippen LogP contribution in [0, 0.1) is 0 Å². The summed E-state index contributed by atoms with van der Waals surface area (Å²) in [6.07, 6.45) is 4.03. The number of carbonyl (C=O) groups excluding carboxylic acids is 2. The van der Waals surface area contributed by atoms with Crippen molar-refractivity contribution in [2.24, 2.45) is 0 Å². The second-order valence-electron chi connectivity index (χ2n) is 7.17. The monoisotopic (exact) mass is 317 g/mol. The molecular weight excluding hydrogens is 290 g/mol. The van der Waals surface area contributed by atoms with Gasteiger partial charge < -0.3 is 9.64 Å².